The van der Waals surface area contributed by atoms with Gasteiger partial charge in [-0.1, -0.05) is 26.0 Å². The van der Waals surface area contributed by atoms with Crippen molar-refractivity contribution in [1.82, 2.24) is 0 Å². The quantitative estimate of drug-likeness (QED) is 0.475. The number of nitro groups is 1. The van der Waals surface area contributed by atoms with E-state index >= 15 is 0 Å². The van der Waals surface area contributed by atoms with Crippen LogP contribution in [0.5, 0.6) is 0 Å². The second-order valence-electron chi connectivity index (χ2n) is 6.86. The molecule has 6 heteroatoms. The van der Waals surface area contributed by atoms with Gasteiger partial charge in [-0.25, -0.2) is 0 Å². The maximum Gasteiger partial charge on any atom is 0.311 e. The van der Waals surface area contributed by atoms with Crippen LogP contribution in [-0.4, -0.2) is 16.7 Å². The first kappa shape index (κ1) is 15.4. The van der Waals surface area contributed by atoms with Gasteiger partial charge < -0.3 is 4.74 Å². The van der Waals surface area contributed by atoms with Crippen molar-refractivity contribution in [3.8, 4) is 0 Å². The van der Waals surface area contributed by atoms with Crippen LogP contribution in [0, 0.1) is 15.5 Å². The zero-order valence-corrected chi connectivity index (χ0v) is 13.0. The highest BCUT2D eigenvalue weighted by atomic mass is 16.6. The fourth-order valence-electron chi connectivity index (χ4n) is 3.34. The molecule has 1 aliphatic carbocycles. The topological polar surface area (TPSA) is 86.5 Å². The van der Waals surface area contributed by atoms with Crippen molar-refractivity contribution in [3.05, 3.63) is 51.3 Å². The van der Waals surface area contributed by atoms with Crippen LogP contribution >= 0.6 is 0 Å². The first-order chi connectivity index (χ1) is 10.8. The van der Waals surface area contributed by atoms with E-state index in [0.29, 0.717) is 29.7 Å². The van der Waals surface area contributed by atoms with Crippen molar-refractivity contribution in [2.75, 3.05) is 0 Å². The minimum Gasteiger partial charge on any atom is -0.431 e. The highest BCUT2D eigenvalue weighted by Crippen LogP contribution is 2.46. The summed E-state index contributed by atoms with van der Waals surface area (Å²) in [5.74, 6) is -0.472. The molecule has 1 aliphatic heterocycles. The van der Waals surface area contributed by atoms with Crippen LogP contribution in [-0.2, 0) is 14.3 Å². The van der Waals surface area contributed by atoms with Gasteiger partial charge in [-0.2, -0.15) is 0 Å². The van der Waals surface area contributed by atoms with Gasteiger partial charge in [0.05, 0.1) is 11.3 Å². The SMILES string of the molecule is CC1(C)CC(=O)C2=C(C1)OC(=O)CC2c1cccc([N+](=O)[O-])c1. The molecule has 1 unspecified atom stereocenters. The predicted molar refractivity (Wildman–Crippen MR) is 81.6 cm³/mol. The number of benzene rings is 1. The maximum absolute atomic E-state index is 12.6. The number of nitro benzene ring substituents is 1. The number of rotatable bonds is 2. The molecule has 0 spiro atoms. The molecule has 23 heavy (non-hydrogen) atoms. The Morgan fingerprint density at radius 1 is 1.26 bits per heavy atom. The first-order valence-electron chi connectivity index (χ1n) is 7.48. The number of carbonyl (C=O) groups is 2. The molecule has 0 saturated heterocycles. The lowest BCUT2D eigenvalue weighted by Crippen LogP contribution is -2.33. The summed E-state index contributed by atoms with van der Waals surface area (Å²) in [5.41, 5.74) is 0.814. The molecule has 3 rings (SSSR count). The Bertz CT molecular complexity index is 747. The fraction of sp³-hybridized carbons (Fsp3) is 0.412. The highest BCUT2D eigenvalue weighted by molar-refractivity contribution is 6.00. The van der Waals surface area contributed by atoms with Crippen molar-refractivity contribution < 1.29 is 19.2 Å². The standard InChI is InChI=1S/C17H17NO5/c1-17(2)8-13(19)16-12(7-15(20)23-14(16)9-17)10-4-3-5-11(6-10)18(21)22/h3-6,12H,7-9H2,1-2H3. The van der Waals surface area contributed by atoms with Crippen LogP contribution in [0.2, 0.25) is 0 Å². The van der Waals surface area contributed by atoms with Crippen molar-refractivity contribution in [3.63, 3.8) is 0 Å². The molecular formula is C17H17NO5. The number of Topliss-reactive ketones (excluding diaryl/α,β-unsaturated/α-hetero) is 1. The number of hydrogen-bond donors (Lipinski definition) is 0. The third-order valence-corrected chi connectivity index (χ3v) is 4.32. The molecule has 0 aromatic heterocycles. The molecule has 1 aromatic rings. The van der Waals surface area contributed by atoms with E-state index in [-0.39, 0.29) is 23.3 Å². The number of nitrogens with zero attached hydrogens (tertiary/aromatic N) is 1. The van der Waals surface area contributed by atoms with Gasteiger partial charge in [-0.3, -0.25) is 19.7 Å². The van der Waals surface area contributed by atoms with Crippen LogP contribution in [0.1, 0.15) is 44.6 Å². The summed E-state index contributed by atoms with van der Waals surface area (Å²) in [6.07, 6.45) is 0.937. The van der Waals surface area contributed by atoms with E-state index < -0.39 is 16.8 Å². The molecule has 1 atom stereocenters. The van der Waals surface area contributed by atoms with Gasteiger partial charge in [0.2, 0.25) is 0 Å². The minimum absolute atomic E-state index is 0.0339. The van der Waals surface area contributed by atoms with E-state index in [0.717, 1.165) is 0 Å². The van der Waals surface area contributed by atoms with Gasteiger partial charge in [0.15, 0.2) is 5.78 Å². The van der Waals surface area contributed by atoms with E-state index in [4.69, 9.17) is 4.74 Å². The number of hydrogen-bond acceptors (Lipinski definition) is 5. The largest absolute Gasteiger partial charge is 0.431 e. The second-order valence-corrected chi connectivity index (χ2v) is 6.86. The average molecular weight is 315 g/mol. The summed E-state index contributed by atoms with van der Waals surface area (Å²) in [7, 11) is 0. The zero-order valence-electron chi connectivity index (χ0n) is 13.0. The Kier molecular flexibility index (Phi) is 3.55. The molecule has 0 N–H and O–H groups in total. The Morgan fingerprint density at radius 2 is 2.00 bits per heavy atom. The van der Waals surface area contributed by atoms with E-state index in [2.05, 4.69) is 0 Å². The van der Waals surface area contributed by atoms with Crippen LogP contribution in [0.25, 0.3) is 0 Å². The molecule has 0 saturated carbocycles. The number of non-ortho nitro benzene ring substituents is 1. The molecule has 0 fully saturated rings. The van der Waals surface area contributed by atoms with Crippen molar-refractivity contribution in [1.29, 1.82) is 0 Å². The monoisotopic (exact) mass is 315 g/mol. The van der Waals surface area contributed by atoms with Crippen LogP contribution in [0.3, 0.4) is 0 Å². The van der Waals surface area contributed by atoms with Crippen molar-refractivity contribution in [2.45, 2.75) is 39.0 Å². The first-order valence-corrected chi connectivity index (χ1v) is 7.48. The Labute approximate surface area is 133 Å². The minimum atomic E-state index is -0.480. The third-order valence-electron chi connectivity index (χ3n) is 4.32. The fourth-order valence-corrected chi connectivity index (χ4v) is 3.34. The average Bonchev–Trinajstić information content (AvgIpc) is 2.44. The normalized spacial score (nSPS) is 23.3. The summed E-state index contributed by atoms with van der Waals surface area (Å²) in [4.78, 5) is 35.0. The van der Waals surface area contributed by atoms with Gasteiger partial charge in [-0.15, -0.1) is 0 Å². The van der Waals surface area contributed by atoms with Gasteiger partial charge in [0, 0.05) is 36.5 Å². The number of esters is 1. The van der Waals surface area contributed by atoms with Crippen LogP contribution in [0.15, 0.2) is 35.6 Å². The zero-order chi connectivity index (χ0) is 16.8. The Balaban J connectivity index is 2.08. The lowest BCUT2D eigenvalue weighted by atomic mass is 9.71. The summed E-state index contributed by atoms with van der Waals surface area (Å²) >= 11 is 0. The summed E-state index contributed by atoms with van der Waals surface area (Å²) in [5, 5.41) is 11.0. The summed E-state index contributed by atoms with van der Waals surface area (Å²) in [6.45, 7) is 3.92. The van der Waals surface area contributed by atoms with Crippen LogP contribution < -0.4 is 0 Å². The van der Waals surface area contributed by atoms with Crippen LogP contribution in [0.4, 0.5) is 5.69 Å². The molecule has 0 bridgehead atoms. The van der Waals surface area contributed by atoms with E-state index in [1.165, 1.54) is 12.1 Å². The number of allylic oxidation sites excluding steroid dienone is 2. The second kappa shape index (κ2) is 5.30. The smallest absolute Gasteiger partial charge is 0.311 e. The molecule has 1 heterocycles. The van der Waals surface area contributed by atoms with Gasteiger partial charge in [0.1, 0.15) is 5.76 Å². The van der Waals surface area contributed by atoms with Crippen molar-refractivity contribution >= 4 is 17.4 Å². The lowest BCUT2D eigenvalue weighted by molar-refractivity contribution is -0.384. The van der Waals surface area contributed by atoms with Crippen molar-refractivity contribution in [2.24, 2.45) is 5.41 Å². The summed E-state index contributed by atoms with van der Waals surface area (Å²) < 4.78 is 5.31. The molecule has 0 amide bonds. The van der Waals surface area contributed by atoms with E-state index in [1.807, 2.05) is 13.8 Å². The molecule has 2 aliphatic rings. The maximum atomic E-state index is 12.6. The molecule has 0 radical (unpaired) electrons. The molecule has 1 aromatic carbocycles. The summed E-state index contributed by atoms with van der Waals surface area (Å²) in [6, 6.07) is 6.12. The van der Waals surface area contributed by atoms with Gasteiger partial charge >= 0.3 is 5.97 Å². The molecule has 6 nitrogen and oxygen atoms in total. The van der Waals surface area contributed by atoms with Gasteiger partial charge in [-0.05, 0) is 11.0 Å². The lowest BCUT2D eigenvalue weighted by Gasteiger charge is -2.36. The highest BCUT2D eigenvalue weighted by Gasteiger charge is 2.42. The number of carbonyl (C=O) groups excluding carboxylic acids is 2. The predicted octanol–water partition coefficient (Wildman–Crippen LogP) is 3.27. The number of ether oxygens (including phenoxy) is 1. The van der Waals surface area contributed by atoms with Gasteiger partial charge in [0.25, 0.3) is 5.69 Å². The molecule has 120 valence electrons. The van der Waals surface area contributed by atoms with E-state index in [9.17, 15) is 19.7 Å². The Morgan fingerprint density at radius 3 is 2.70 bits per heavy atom. The molecular weight excluding hydrogens is 298 g/mol. The third kappa shape index (κ3) is 2.88. The van der Waals surface area contributed by atoms with E-state index in [1.54, 1.807) is 12.1 Å². The Hall–Kier alpha value is -2.50. The number of ketones is 1.